The van der Waals surface area contributed by atoms with Crippen LogP contribution in [-0.2, 0) is 22.7 Å². The Morgan fingerprint density at radius 2 is 1.42 bits per heavy atom. The number of benzene rings is 3. The van der Waals surface area contributed by atoms with Crippen molar-refractivity contribution in [2.24, 2.45) is 0 Å². The van der Waals surface area contributed by atoms with E-state index in [1.807, 2.05) is 102 Å². The number of ether oxygens (including phenoxy) is 3. The summed E-state index contributed by atoms with van der Waals surface area (Å²) in [6, 6.07) is 32.8. The summed E-state index contributed by atoms with van der Waals surface area (Å²) in [5.74, 6) is 1.08. The number of phenolic OH excluding ortho intramolecular Hbond substituents is 1. The van der Waals surface area contributed by atoms with Crippen LogP contribution in [0.25, 0.3) is 11.3 Å². The van der Waals surface area contributed by atoms with Crippen molar-refractivity contribution in [2.75, 3.05) is 41.7 Å². The largest absolute Gasteiger partial charge is 0.507 e. The Hall–Kier alpha value is -6.57. The first-order valence-electron chi connectivity index (χ1n) is 20.9. The van der Waals surface area contributed by atoms with Gasteiger partial charge in [0.05, 0.1) is 11.4 Å². The summed E-state index contributed by atoms with van der Waals surface area (Å²) in [5, 5.41) is 19.0. The number of aromatic nitrogens is 3. The van der Waals surface area contributed by atoms with Gasteiger partial charge < -0.3 is 44.7 Å². The van der Waals surface area contributed by atoms with E-state index < -0.39 is 0 Å². The summed E-state index contributed by atoms with van der Waals surface area (Å²) < 4.78 is 18.0. The van der Waals surface area contributed by atoms with Crippen LogP contribution in [-0.4, -0.2) is 98.7 Å². The lowest BCUT2D eigenvalue weighted by Crippen LogP contribution is -2.58. The summed E-state index contributed by atoms with van der Waals surface area (Å²) in [6.45, 7) is 2.92. The molecule has 3 saturated heterocycles. The topological polar surface area (TPSA) is 160 Å². The summed E-state index contributed by atoms with van der Waals surface area (Å²) in [7, 11) is 0. The average Bonchev–Trinajstić information content (AvgIpc) is 3.54. The van der Waals surface area contributed by atoms with Crippen molar-refractivity contribution < 1.29 is 28.9 Å². The van der Waals surface area contributed by atoms with Crippen LogP contribution in [0.1, 0.15) is 49.7 Å². The molecule has 2 bridgehead atoms. The van der Waals surface area contributed by atoms with Crippen LogP contribution in [0.4, 0.5) is 26.8 Å². The smallest absolute Gasteiger partial charge is 0.410 e. The number of hydrogen-bond acceptors (Lipinski definition) is 12. The van der Waals surface area contributed by atoms with Gasteiger partial charge in [-0.15, -0.1) is 10.2 Å². The maximum Gasteiger partial charge on any atom is 0.410 e. The van der Waals surface area contributed by atoms with Gasteiger partial charge in [0.15, 0.2) is 5.82 Å². The number of nitrogen functional groups attached to an aromatic ring is 1. The molecule has 2 aromatic heterocycles. The standard InChI is InChI=1S/C46H50N8O6/c47-44-41(26-40(49-50-44)39-13-7-8-14-42(39)55)52-27-35-15-16-36(28-52)53(35)34-17-20-48-43(25-34)60-38-23-37(24-38)54(46(57)59-30-32-11-5-2-6-12-32)33-18-21-51(22-19-33)45(56)58-29-31-9-3-1-4-10-31/h1-14,17,20,25-26,33,35-38,55H,15-16,18-19,21-24,27-30H2,(H2,47,50). The SMILES string of the molecule is Nc1nnc(-c2ccccc2O)cc1N1CC2CCC(C1)N2c1ccnc(OC2CC(N(C(=O)OCc3ccccc3)C3CCN(C(=O)OCc4ccccc4)CC3)C2)c1. The fourth-order valence-corrected chi connectivity index (χ4v) is 9.17. The number of fused-ring (bicyclic) bond motifs is 2. The number of hydrogen-bond donors (Lipinski definition) is 2. The van der Waals surface area contributed by atoms with Crippen molar-refractivity contribution in [1.29, 1.82) is 0 Å². The lowest BCUT2D eigenvalue weighted by atomic mass is 9.86. The number of anilines is 3. The van der Waals surface area contributed by atoms with Gasteiger partial charge in [-0.05, 0) is 61.1 Å². The summed E-state index contributed by atoms with van der Waals surface area (Å²) >= 11 is 0. The number of pyridine rings is 1. The van der Waals surface area contributed by atoms with E-state index in [0.717, 1.165) is 48.4 Å². The predicted octanol–water partition coefficient (Wildman–Crippen LogP) is 7.03. The number of amides is 2. The Bertz CT molecular complexity index is 2260. The first kappa shape index (κ1) is 38.9. The lowest BCUT2D eigenvalue weighted by molar-refractivity contribution is -0.0207. The minimum atomic E-state index is -0.346. The van der Waals surface area contributed by atoms with E-state index >= 15 is 0 Å². The maximum absolute atomic E-state index is 13.8. The van der Waals surface area contributed by atoms with E-state index in [4.69, 9.17) is 19.9 Å². The Morgan fingerprint density at radius 3 is 2.10 bits per heavy atom. The van der Waals surface area contributed by atoms with Gasteiger partial charge >= 0.3 is 12.2 Å². The monoisotopic (exact) mass is 810 g/mol. The first-order chi connectivity index (χ1) is 29.4. The van der Waals surface area contributed by atoms with Crippen LogP contribution in [0.5, 0.6) is 11.6 Å². The third-order valence-electron chi connectivity index (χ3n) is 12.3. The molecule has 2 atom stereocenters. The third kappa shape index (κ3) is 8.45. The van der Waals surface area contributed by atoms with Crippen LogP contribution in [0.3, 0.4) is 0 Å². The van der Waals surface area contributed by atoms with E-state index in [1.165, 1.54) is 0 Å². The molecule has 5 heterocycles. The van der Waals surface area contributed by atoms with Gasteiger partial charge in [0, 0.05) is 86.7 Å². The number of phenols is 1. The quantitative estimate of drug-likeness (QED) is 0.140. The fraction of sp³-hybridized carbons (Fsp3) is 0.370. The molecule has 3 aliphatic heterocycles. The van der Waals surface area contributed by atoms with Crippen molar-refractivity contribution in [2.45, 2.75) is 82.0 Å². The molecule has 1 aliphatic carbocycles. The minimum Gasteiger partial charge on any atom is -0.507 e. The van der Waals surface area contributed by atoms with Crippen LogP contribution >= 0.6 is 0 Å². The number of para-hydroxylation sites is 1. The van der Waals surface area contributed by atoms with Gasteiger partial charge in [0.25, 0.3) is 0 Å². The van der Waals surface area contributed by atoms with Crippen molar-refractivity contribution in [3.8, 4) is 22.9 Å². The summed E-state index contributed by atoms with van der Waals surface area (Å²) in [4.78, 5) is 39.7. The van der Waals surface area contributed by atoms with Gasteiger partial charge in [-0.3, -0.25) is 0 Å². The molecule has 3 N–H and O–H groups in total. The fourth-order valence-electron chi connectivity index (χ4n) is 9.17. The predicted molar refractivity (Wildman–Crippen MR) is 226 cm³/mol. The molecule has 5 aromatic rings. The van der Waals surface area contributed by atoms with E-state index in [2.05, 4.69) is 25.0 Å². The van der Waals surface area contributed by atoms with Crippen LogP contribution in [0.2, 0.25) is 0 Å². The minimum absolute atomic E-state index is 0.0616. The molecule has 310 valence electrons. The molecule has 2 amide bonds. The highest BCUT2D eigenvalue weighted by Gasteiger charge is 2.44. The zero-order chi connectivity index (χ0) is 41.0. The molecule has 14 nitrogen and oxygen atoms in total. The Labute approximate surface area is 349 Å². The first-order valence-corrected chi connectivity index (χ1v) is 20.9. The van der Waals surface area contributed by atoms with Crippen molar-refractivity contribution in [3.63, 3.8) is 0 Å². The zero-order valence-electron chi connectivity index (χ0n) is 33.5. The van der Waals surface area contributed by atoms with Crippen molar-refractivity contribution in [1.82, 2.24) is 25.0 Å². The molecule has 14 heteroatoms. The number of nitrogens with zero attached hydrogens (tertiary/aromatic N) is 7. The Morgan fingerprint density at radius 1 is 0.767 bits per heavy atom. The molecule has 3 aromatic carbocycles. The van der Waals surface area contributed by atoms with E-state index in [1.54, 1.807) is 17.0 Å². The van der Waals surface area contributed by atoms with Gasteiger partial charge in [0.1, 0.15) is 25.1 Å². The highest BCUT2D eigenvalue weighted by atomic mass is 16.6. The number of aromatic hydroxyl groups is 1. The van der Waals surface area contributed by atoms with E-state index in [0.29, 0.717) is 61.7 Å². The summed E-state index contributed by atoms with van der Waals surface area (Å²) in [5.41, 5.74) is 11.3. The second-order valence-electron chi connectivity index (χ2n) is 16.1. The van der Waals surface area contributed by atoms with Gasteiger partial charge in [-0.25, -0.2) is 14.6 Å². The molecular weight excluding hydrogens is 761 g/mol. The van der Waals surface area contributed by atoms with Crippen LogP contribution in [0, 0.1) is 0 Å². The highest BCUT2D eigenvalue weighted by Crippen LogP contribution is 2.40. The molecule has 9 rings (SSSR count). The van der Waals surface area contributed by atoms with Gasteiger partial charge in [-0.2, -0.15) is 0 Å². The van der Waals surface area contributed by atoms with Crippen LogP contribution < -0.4 is 20.3 Å². The third-order valence-corrected chi connectivity index (χ3v) is 12.3. The number of carbonyl (C=O) groups is 2. The number of piperazine rings is 1. The van der Waals surface area contributed by atoms with Crippen LogP contribution in [0.15, 0.2) is 109 Å². The molecule has 0 radical (unpaired) electrons. The Kier molecular flexibility index (Phi) is 11.2. The molecule has 4 fully saturated rings. The summed E-state index contributed by atoms with van der Waals surface area (Å²) in [6.07, 6.45) is 5.66. The number of nitrogens with two attached hydrogens (primary N) is 1. The molecule has 4 aliphatic rings. The van der Waals surface area contributed by atoms with Crippen molar-refractivity contribution >= 4 is 29.4 Å². The number of rotatable bonds is 11. The Balaban J connectivity index is 0.824. The van der Waals surface area contributed by atoms with E-state index in [9.17, 15) is 14.7 Å². The normalized spacial score (nSPS) is 21.2. The second-order valence-corrected chi connectivity index (χ2v) is 16.1. The van der Waals surface area contributed by atoms with Gasteiger partial charge in [-0.1, -0.05) is 72.8 Å². The number of likely N-dealkylation sites (tertiary alicyclic amines) is 1. The number of piperidine rings is 1. The maximum atomic E-state index is 13.8. The molecule has 0 spiro atoms. The zero-order valence-corrected chi connectivity index (χ0v) is 33.5. The number of carbonyl (C=O) groups excluding carboxylic acids is 2. The van der Waals surface area contributed by atoms with Gasteiger partial charge in [0.2, 0.25) is 5.88 Å². The average molecular weight is 811 g/mol. The molecule has 1 saturated carbocycles. The van der Waals surface area contributed by atoms with Crippen molar-refractivity contribution in [3.05, 3.63) is 120 Å². The molecule has 60 heavy (non-hydrogen) atoms. The lowest BCUT2D eigenvalue weighted by Gasteiger charge is -2.47. The second kappa shape index (κ2) is 17.3. The molecule has 2 unspecified atom stereocenters. The highest BCUT2D eigenvalue weighted by molar-refractivity contribution is 5.75. The molecular formula is C46H50N8O6. The van der Waals surface area contributed by atoms with E-state index in [-0.39, 0.29) is 61.4 Å².